The first kappa shape index (κ1) is 33.7. The van der Waals surface area contributed by atoms with Crippen LogP contribution in [0.15, 0.2) is 6.33 Å². The van der Waals surface area contributed by atoms with Gasteiger partial charge in [0.15, 0.2) is 11.5 Å². The number of hydrogen-bond acceptors (Lipinski definition) is 10. The summed E-state index contributed by atoms with van der Waals surface area (Å²) in [6.07, 6.45) is 22.8. The Balaban J connectivity index is 1.10. The van der Waals surface area contributed by atoms with Gasteiger partial charge in [0.25, 0.3) is 0 Å². The highest BCUT2D eigenvalue weighted by atomic mass is 31.2. The van der Waals surface area contributed by atoms with E-state index in [9.17, 15) is 4.57 Å². The third-order valence-corrected chi connectivity index (χ3v) is 9.08. The molecule has 41 heavy (non-hydrogen) atoms. The molecule has 1 saturated heterocycles. The van der Waals surface area contributed by atoms with Crippen LogP contribution in [-0.2, 0) is 29.6 Å². The third-order valence-electron chi connectivity index (χ3n) is 7.49. The number of aromatic nitrogens is 4. The van der Waals surface area contributed by atoms with Gasteiger partial charge in [-0.3, -0.25) is 4.57 Å². The van der Waals surface area contributed by atoms with Crippen LogP contribution < -0.4 is 11.5 Å². The summed E-state index contributed by atoms with van der Waals surface area (Å²) in [6.45, 7) is 4.11. The van der Waals surface area contributed by atoms with Crippen LogP contribution >= 0.6 is 7.60 Å². The fourth-order valence-electron chi connectivity index (χ4n) is 5.08. The number of rotatable bonds is 23. The van der Waals surface area contributed by atoms with Crippen LogP contribution in [0.1, 0.15) is 110 Å². The van der Waals surface area contributed by atoms with Crippen LogP contribution in [0.25, 0.3) is 11.2 Å². The number of nitrogens with zero attached hydrogens (tertiary/aromatic N) is 4. The zero-order valence-corrected chi connectivity index (χ0v) is 26.0. The van der Waals surface area contributed by atoms with Gasteiger partial charge in [-0.05, 0) is 6.42 Å². The summed E-state index contributed by atoms with van der Waals surface area (Å²) in [7, 11) is -3.29. The molecule has 0 aromatic carbocycles. The smallest absolute Gasteiger partial charge is 0.356 e. The summed E-state index contributed by atoms with van der Waals surface area (Å²) in [5, 5.41) is 0. The third kappa shape index (κ3) is 13.0. The first-order chi connectivity index (χ1) is 20.0. The zero-order valence-electron chi connectivity index (χ0n) is 25.1. The molecule has 3 rings (SSSR count). The van der Waals surface area contributed by atoms with E-state index in [1.54, 1.807) is 10.9 Å². The maximum Gasteiger partial charge on any atom is 0.356 e. The molecular formula is C29H53N6O5P. The monoisotopic (exact) mass is 596 g/mol. The Bertz CT molecular complexity index is 1030. The lowest BCUT2D eigenvalue weighted by Gasteiger charge is -2.29. The van der Waals surface area contributed by atoms with E-state index >= 15 is 0 Å². The van der Waals surface area contributed by atoms with Crippen molar-refractivity contribution in [3.8, 4) is 0 Å². The van der Waals surface area contributed by atoms with E-state index in [1.807, 2.05) is 0 Å². The van der Waals surface area contributed by atoms with E-state index in [0.717, 1.165) is 6.42 Å². The van der Waals surface area contributed by atoms with Crippen LogP contribution in [-0.4, -0.2) is 58.4 Å². The van der Waals surface area contributed by atoms with Crippen molar-refractivity contribution in [1.82, 2.24) is 19.5 Å². The van der Waals surface area contributed by atoms with Crippen molar-refractivity contribution in [1.29, 1.82) is 0 Å². The van der Waals surface area contributed by atoms with Crippen molar-refractivity contribution in [3.63, 3.8) is 0 Å². The number of imidazole rings is 1. The number of unbranched alkanes of at least 4 members (excludes halogenated alkanes) is 15. The molecular weight excluding hydrogens is 543 g/mol. The predicted molar refractivity (Wildman–Crippen MR) is 164 cm³/mol. The fourth-order valence-corrected chi connectivity index (χ4v) is 6.45. The topological polar surface area (TPSA) is 150 Å². The summed E-state index contributed by atoms with van der Waals surface area (Å²) >= 11 is 0. The van der Waals surface area contributed by atoms with Crippen molar-refractivity contribution < 1.29 is 23.1 Å². The maximum atomic E-state index is 12.8. The number of fused-ring (bicyclic) bond motifs is 1. The van der Waals surface area contributed by atoms with E-state index in [1.165, 1.54) is 96.3 Å². The van der Waals surface area contributed by atoms with Gasteiger partial charge in [0.05, 0.1) is 32.7 Å². The zero-order chi connectivity index (χ0) is 29.2. The maximum absolute atomic E-state index is 12.8. The number of anilines is 2. The van der Waals surface area contributed by atoms with Gasteiger partial charge >= 0.3 is 7.60 Å². The Kier molecular flexibility index (Phi) is 16.0. The first-order valence-electron chi connectivity index (χ1n) is 15.8. The summed E-state index contributed by atoms with van der Waals surface area (Å²) in [4.78, 5) is 12.4. The molecule has 0 unspecified atom stereocenters. The van der Waals surface area contributed by atoms with Crippen LogP contribution in [0.5, 0.6) is 0 Å². The molecule has 1 aliphatic rings. The SMILES string of the molecule is CCCCCCCCCCCCCCCCCCOCCO[P@@]1(=O)CO[C@@H](Cn2cnc3c(N)nc(N)nc32)CO1. The number of nitrogens with two attached hydrogens (primary N) is 2. The van der Waals surface area contributed by atoms with Gasteiger partial charge in [-0.1, -0.05) is 103 Å². The molecule has 2 aromatic heterocycles. The lowest BCUT2D eigenvalue weighted by Crippen LogP contribution is -2.30. The van der Waals surface area contributed by atoms with Gasteiger partial charge in [-0.15, -0.1) is 0 Å². The highest BCUT2D eigenvalue weighted by molar-refractivity contribution is 7.53. The van der Waals surface area contributed by atoms with Crippen molar-refractivity contribution in [3.05, 3.63) is 6.33 Å². The first-order valence-corrected chi connectivity index (χ1v) is 17.5. The quantitative estimate of drug-likeness (QED) is 0.103. The molecule has 3 heterocycles. The van der Waals surface area contributed by atoms with Gasteiger partial charge in [0, 0.05) is 6.61 Å². The van der Waals surface area contributed by atoms with Crippen molar-refractivity contribution in [2.75, 3.05) is 44.2 Å². The minimum absolute atomic E-state index is 0.0764. The Labute approximate surface area is 246 Å². The molecule has 234 valence electrons. The van der Waals surface area contributed by atoms with Crippen molar-refractivity contribution >= 4 is 30.5 Å². The number of hydrogen-bond donors (Lipinski definition) is 2. The van der Waals surface area contributed by atoms with Crippen molar-refractivity contribution in [2.45, 2.75) is 122 Å². The van der Waals surface area contributed by atoms with Gasteiger partial charge < -0.3 is 34.6 Å². The Morgan fingerprint density at radius 3 is 2.07 bits per heavy atom. The average Bonchev–Trinajstić information content (AvgIpc) is 3.36. The van der Waals surface area contributed by atoms with E-state index in [-0.39, 0.29) is 37.4 Å². The summed E-state index contributed by atoms with van der Waals surface area (Å²) in [5.74, 6) is 0.300. The summed E-state index contributed by atoms with van der Waals surface area (Å²) in [6, 6.07) is 0. The van der Waals surface area contributed by atoms with Gasteiger partial charge in [0.2, 0.25) is 5.95 Å². The highest BCUT2D eigenvalue weighted by Gasteiger charge is 2.33. The lowest BCUT2D eigenvalue weighted by molar-refractivity contribution is -0.0169. The molecule has 0 radical (unpaired) electrons. The van der Waals surface area contributed by atoms with Crippen LogP contribution in [0, 0.1) is 0 Å². The minimum atomic E-state index is -3.29. The largest absolute Gasteiger partial charge is 0.382 e. The number of nitrogen functional groups attached to an aromatic ring is 2. The molecule has 1 aliphatic heterocycles. The van der Waals surface area contributed by atoms with Crippen LogP contribution in [0.2, 0.25) is 0 Å². The predicted octanol–water partition coefficient (Wildman–Crippen LogP) is 6.85. The highest BCUT2D eigenvalue weighted by Crippen LogP contribution is 2.50. The van der Waals surface area contributed by atoms with E-state index in [0.29, 0.717) is 30.9 Å². The molecule has 12 heteroatoms. The normalized spacial score (nSPS) is 19.3. The van der Waals surface area contributed by atoms with Crippen molar-refractivity contribution in [2.24, 2.45) is 0 Å². The second kappa shape index (κ2) is 19.4. The minimum Gasteiger partial charge on any atom is -0.382 e. The van der Waals surface area contributed by atoms with Crippen LogP contribution in [0.4, 0.5) is 11.8 Å². The second-order valence-electron chi connectivity index (χ2n) is 11.1. The molecule has 0 aliphatic carbocycles. The second-order valence-corrected chi connectivity index (χ2v) is 13.1. The lowest BCUT2D eigenvalue weighted by atomic mass is 10.0. The molecule has 1 fully saturated rings. The van der Waals surface area contributed by atoms with Gasteiger partial charge in [-0.25, -0.2) is 4.98 Å². The standard InChI is InChI=1S/C29H53N6O5P/c1-2-3-4-5-6-7-8-9-10-11-12-13-14-15-16-17-18-37-19-20-39-41(36)24-38-25(22-40-41)21-35-23-32-26-27(30)33-29(31)34-28(26)35/h23,25H,2-22,24H2,1H3,(H4,30,31,33,34)/t25-,41-/m0/s1. The van der Waals surface area contributed by atoms with E-state index < -0.39 is 7.60 Å². The average molecular weight is 597 g/mol. The van der Waals surface area contributed by atoms with Gasteiger partial charge in [-0.2, -0.15) is 9.97 Å². The summed E-state index contributed by atoms with van der Waals surface area (Å²) in [5.41, 5.74) is 12.6. The molecule has 11 nitrogen and oxygen atoms in total. The summed E-state index contributed by atoms with van der Waals surface area (Å²) < 4.78 is 37.0. The molecule has 2 atom stereocenters. The van der Waals surface area contributed by atoms with E-state index in [2.05, 4.69) is 21.9 Å². The molecule has 0 amide bonds. The Hall–Kier alpha value is -1.78. The molecule has 4 N–H and O–H groups in total. The Morgan fingerprint density at radius 1 is 0.878 bits per heavy atom. The van der Waals surface area contributed by atoms with Gasteiger partial charge in [0.1, 0.15) is 18.0 Å². The molecule has 2 aromatic rings. The fraction of sp³-hybridized carbons (Fsp3) is 0.828. The molecule has 0 bridgehead atoms. The van der Waals surface area contributed by atoms with E-state index in [4.69, 9.17) is 30.0 Å². The van der Waals surface area contributed by atoms with Crippen LogP contribution in [0.3, 0.4) is 0 Å². The molecule has 0 spiro atoms. The Morgan fingerprint density at radius 2 is 1.49 bits per heavy atom. The molecule has 0 saturated carbocycles. The number of ether oxygens (including phenoxy) is 2.